The lowest BCUT2D eigenvalue weighted by molar-refractivity contribution is -0.145. The van der Waals surface area contributed by atoms with E-state index < -0.39 is 0 Å². The van der Waals surface area contributed by atoms with Gasteiger partial charge in [0.2, 0.25) is 0 Å². The molecule has 0 bridgehead atoms. The molecule has 1 saturated carbocycles. The lowest BCUT2D eigenvalue weighted by Gasteiger charge is -2.20. The second kappa shape index (κ2) is 8.86. The third-order valence-corrected chi connectivity index (χ3v) is 5.42. The summed E-state index contributed by atoms with van der Waals surface area (Å²) in [5.41, 5.74) is 4.23. The molecule has 1 heterocycles. The van der Waals surface area contributed by atoms with Crippen molar-refractivity contribution in [2.24, 2.45) is 11.8 Å². The zero-order valence-electron chi connectivity index (χ0n) is 17.8. The summed E-state index contributed by atoms with van der Waals surface area (Å²) in [6.07, 6.45) is 3.18. The number of ether oxygens (including phenoxy) is 2. The van der Waals surface area contributed by atoms with E-state index in [1.807, 2.05) is 37.3 Å². The molecule has 0 amide bonds. The highest BCUT2D eigenvalue weighted by atomic mass is 16.6. The van der Waals surface area contributed by atoms with E-state index in [0.29, 0.717) is 36.1 Å². The van der Waals surface area contributed by atoms with Crippen LogP contribution >= 0.6 is 0 Å². The van der Waals surface area contributed by atoms with Crippen LogP contribution in [0.15, 0.2) is 41.0 Å². The highest BCUT2D eigenvalue weighted by molar-refractivity contribution is 5.84. The fourth-order valence-corrected chi connectivity index (χ4v) is 3.64. The fourth-order valence-electron chi connectivity index (χ4n) is 3.64. The minimum atomic E-state index is -0.307. The summed E-state index contributed by atoms with van der Waals surface area (Å²) < 4.78 is 16.4. The molecule has 1 aromatic heterocycles. The van der Waals surface area contributed by atoms with Gasteiger partial charge in [0.05, 0.1) is 19.1 Å². The quantitative estimate of drug-likeness (QED) is 0.443. The lowest BCUT2D eigenvalue weighted by atomic mass is 9.88. The molecule has 0 radical (unpaired) electrons. The second-order valence-electron chi connectivity index (χ2n) is 8.41. The van der Waals surface area contributed by atoms with Crippen LogP contribution in [0.4, 0.5) is 0 Å². The third kappa shape index (κ3) is 4.64. The van der Waals surface area contributed by atoms with Crippen molar-refractivity contribution in [3.05, 3.63) is 42.0 Å². The SMILES string of the molecule is CCOC(=O)C(CC(C)C)c1ccc(OCC2CC2)c(-c2ccc3nonc3c2)c1. The molecule has 0 spiro atoms. The molecule has 1 aliphatic carbocycles. The third-order valence-electron chi connectivity index (χ3n) is 5.42. The van der Waals surface area contributed by atoms with Crippen molar-refractivity contribution in [2.45, 2.75) is 46.0 Å². The number of hydrogen-bond donors (Lipinski definition) is 0. The Kier molecular flexibility index (Phi) is 6.02. The van der Waals surface area contributed by atoms with Gasteiger partial charge in [0.1, 0.15) is 16.8 Å². The molecule has 2 aromatic carbocycles. The number of hydrogen-bond acceptors (Lipinski definition) is 6. The van der Waals surface area contributed by atoms with Crippen LogP contribution in [-0.4, -0.2) is 29.5 Å². The van der Waals surface area contributed by atoms with E-state index in [-0.39, 0.29) is 11.9 Å². The maximum Gasteiger partial charge on any atom is 0.313 e. The van der Waals surface area contributed by atoms with Gasteiger partial charge in [-0.1, -0.05) is 26.0 Å². The Hall–Kier alpha value is -2.89. The summed E-state index contributed by atoms with van der Waals surface area (Å²) >= 11 is 0. The predicted octanol–water partition coefficient (Wildman–Crippen LogP) is 5.37. The topological polar surface area (TPSA) is 74.5 Å². The smallest absolute Gasteiger partial charge is 0.313 e. The van der Waals surface area contributed by atoms with E-state index in [2.05, 4.69) is 30.2 Å². The summed E-state index contributed by atoms with van der Waals surface area (Å²) in [4.78, 5) is 12.7. The molecule has 4 rings (SSSR count). The molecule has 6 heteroatoms. The molecule has 1 unspecified atom stereocenters. The largest absolute Gasteiger partial charge is 0.493 e. The van der Waals surface area contributed by atoms with E-state index in [9.17, 15) is 4.79 Å². The van der Waals surface area contributed by atoms with Crippen molar-refractivity contribution >= 4 is 17.0 Å². The number of carbonyl (C=O) groups is 1. The first-order valence-electron chi connectivity index (χ1n) is 10.7. The van der Waals surface area contributed by atoms with Crippen LogP contribution in [0.25, 0.3) is 22.2 Å². The van der Waals surface area contributed by atoms with E-state index in [4.69, 9.17) is 14.1 Å². The zero-order valence-corrected chi connectivity index (χ0v) is 17.8. The van der Waals surface area contributed by atoms with Crippen LogP contribution in [-0.2, 0) is 9.53 Å². The summed E-state index contributed by atoms with van der Waals surface area (Å²) in [6, 6.07) is 11.8. The normalized spacial score (nSPS) is 14.8. The molecule has 30 heavy (non-hydrogen) atoms. The van der Waals surface area contributed by atoms with Crippen LogP contribution in [0.3, 0.4) is 0 Å². The van der Waals surface area contributed by atoms with E-state index in [1.54, 1.807) is 0 Å². The van der Waals surface area contributed by atoms with Gasteiger partial charge in [0.25, 0.3) is 0 Å². The van der Waals surface area contributed by atoms with Gasteiger partial charge in [-0.05, 0) is 83.7 Å². The maximum atomic E-state index is 12.7. The van der Waals surface area contributed by atoms with E-state index in [0.717, 1.165) is 28.9 Å². The van der Waals surface area contributed by atoms with Gasteiger partial charge in [-0.25, -0.2) is 4.63 Å². The van der Waals surface area contributed by atoms with E-state index in [1.165, 1.54) is 12.8 Å². The first-order valence-corrected chi connectivity index (χ1v) is 10.7. The number of esters is 1. The lowest BCUT2D eigenvalue weighted by Crippen LogP contribution is -2.18. The second-order valence-corrected chi connectivity index (χ2v) is 8.41. The zero-order chi connectivity index (χ0) is 21.1. The van der Waals surface area contributed by atoms with Crippen molar-refractivity contribution < 1.29 is 18.9 Å². The van der Waals surface area contributed by atoms with Gasteiger partial charge in [-0.15, -0.1) is 0 Å². The first-order chi connectivity index (χ1) is 14.5. The maximum absolute atomic E-state index is 12.7. The van der Waals surface area contributed by atoms with Crippen molar-refractivity contribution in [3.8, 4) is 16.9 Å². The molecule has 6 nitrogen and oxygen atoms in total. The van der Waals surface area contributed by atoms with Crippen molar-refractivity contribution in [3.63, 3.8) is 0 Å². The molecule has 1 aliphatic rings. The Morgan fingerprint density at radius 1 is 1.13 bits per heavy atom. The van der Waals surface area contributed by atoms with Gasteiger partial charge in [0, 0.05) is 5.56 Å². The highest BCUT2D eigenvalue weighted by Gasteiger charge is 2.26. The average molecular weight is 408 g/mol. The van der Waals surface area contributed by atoms with Crippen molar-refractivity contribution in [1.29, 1.82) is 0 Å². The molecule has 0 N–H and O–H groups in total. The fraction of sp³-hybridized carbons (Fsp3) is 0.458. The number of rotatable bonds is 9. The summed E-state index contributed by atoms with van der Waals surface area (Å²) in [5.74, 6) is 1.34. The molecular weight excluding hydrogens is 380 g/mol. The van der Waals surface area contributed by atoms with Gasteiger partial charge in [0.15, 0.2) is 0 Å². The van der Waals surface area contributed by atoms with Crippen LogP contribution in [0.5, 0.6) is 5.75 Å². The number of nitrogens with zero attached hydrogens (tertiary/aromatic N) is 2. The molecule has 1 atom stereocenters. The molecule has 1 fully saturated rings. The van der Waals surface area contributed by atoms with Crippen LogP contribution in [0, 0.1) is 11.8 Å². The molecule has 3 aromatic rings. The van der Waals surface area contributed by atoms with E-state index >= 15 is 0 Å². The minimum absolute atomic E-state index is 0.181. The van der Waals surface area contributed by atoms with Gasteiger partial charge < -0.3 is 9.47 Å². The monoisotopic (exact) mass is 408 g/mol. The Morgan fingerprint density at radius 3 is 2.67 bits per heavy atom. The molecular formula is C24H28N2O4. The van der Waals surface area contributed by atoms with Gasteiger partial charge >= 0.3 is 5.97 Å². The standard InChI is InChI=1S/C24H28N2O4/c1-4-28-24(27)20(11-15(2)3)17-8-10-23(29-14-16-5-6-16)19(12-17)18-7-9-21-22(13-18)26-30-25-21/h7-10,12-13,15-16,20H,4-6,11,14H2,1-3H3. The first kappa shape index (κ1) is 20.4. The van der Waals surface area contributed by atoms with Gasteiger partial charge in [-0.3, -0.25) is 4.79 Å². The molecule has 158 valence electrons. The van der Waals surface area contributed by atoms with Crippen molar-refractivity contribution in [1.82, 2.24) is 10.3 Å². The average Bonchev–Trinajstić information content (AvgIpc) is 3.45. The van der Waals surface area contributed by atoms with Gasteiger partial charge in [-0.2, -0.15) is 0 Å². The summed E-state index contributed by atoms with van der Waals surface area (Å²) in [5, 5.41) is 7.85. The van der Waals surface area contributed by atoms with Crippen LogP contribution < -0.4 is 4.74 Å². The van der Waals surface area contributed by atoms with Crippen LogP contribution in [0.1, 0.15) is 51.5 Å². The Balaban J connectivity index is 1.74. The number of aromatic nitrogens is 2. The number of carbonyl (C=O) groups excluding carboxylic acids is 1. The van der Waals surface area contributed by atoms with Crippen molar-refractivity contribution in [2.75, 3.05) is 13.2 Å². The minimum Gasteiger partial charge on any atom is -0.493 e. The molecule has 0 saturated heterocycles. The predicted molar refractivity (Wildman–Crippen MR) is 114 cm³/mol. The Morgan fingerprint density at radius 2 is 1.93 bits per heavy atom. The highest BCUT2D eigenvalue weighted by Crippen LogP contribution is 2.38. The summed E-state index contributed by atoms with van der Waals surface area (Å²) in [7, 11) is 0. The molecule has 0 aliphatic heterocycles. The van der Waals surface area contributed by atoms with Crippen LogP contribution in [0.2, 0.25) is 0 Å². The number of benzene rings is 2. The number of fused-ring (bicyclic) bond motifs is 1. The Bertz CT molecular complexity index is 1020. The summed E-state index contributed by atoms with van der Waals surface area (Å²) in [6.45, 7) is 7.16. The Labute approximate surface area is 176 Å².